The monoisotopic (exact) mass is 404 g/mol. The largest absolute Gasteiger partial charge is 0.492 e. The van der Waals surface area contributed by atoms with Crippen LogP contribution in [-0.2, 0) is 20.0 Å². The first-order valence-electron chi connectivity index (χ1n) is 10.0. The van der Waals surface area contributed by atoms with E-state index in [1.54, 1.807) is 13.2 Å². The Labute approximate surface area is 175 Å². The Balaban J connectivity index is 1.60. The van der Waals surface area contributed by atoms with Gasteiger partial charge in [-0.25, -0.2) is 0 Å². The molecular weight excluding hydrogens is 380 g/mol. The van der Waals surface area contributed by atoms with Gasteiger partial charge in [-0.2, -0.15) is 0 Å². The zero-order valence-electron chi connectivity index (χ0n) is 17.4. The van der Waals surface area contributed by atoms with Crippen LogP contribution < -0.4 is 14.2 Å². The van der Waals surface area contributed by atoms with Gasteiger partial charge in [-0.3, -0.25) is 4.79 Å². The molecule has 2 aromatic carbocycles. The van der Waals surface area contributed by atoms with Gasteiger partial charge in [0, 0.05) is 48.4 Å². The standard InChI is InChI=1S/C24H24N2O4/c1-25-11-10-17-18(13-25)22(28-3)24-23(29-14-30-24)21(17)20(27)9-8-15-12-26(2)19-7-5-4-6-16(15)19/h4-9,12H,10-11,13-14H2,1-3H3. The highest BCUT2D eigenvalue weighted by atomic mass is 16.7. The number of allylic oxidation sites excluding steroid dienone is 1. The van der Waals surface area contributed by atoms with E-state index < -0.39 is 0 Å². The minimum Gasteiger partial charge on any atom is -0.492 e. The third-order valence-electron chi connectivity index (χ3n) is 5.95. The number of fused-ring (bicyclic) bond motifs is 3. The number of aromatic nitrogens is 1. The van der Waals surface area contributed by atoms with Gasteiger partial charge in [0.1, 0.15) is 0 Å². The molecule has 0 aliphatic carbocycles. The highest BCUT2D eigenvalue weighted by Gasteiger charge is 2.34. The van der Waals surface area contributed by atoms with Crippen molar-refractivity contribution in [3.8, 4) is 17.2 Å². The zero-order chi connectivity index (χ0) is 20.8. The number of likely N-dealkylation sites (N-methyl/N-ethyl adjacent to an activating group) is 1. The number of hydrogen-bond donors (Lipinski definition) is 0. The normalized spacial score (nSPS) is 15.7. The molecule has 0 fully saturated rings. The summed E-state index contributed by atoms with van der Waals surface area (Å²) in [5.41, 5.74) is 4.76. The summed E-state index contributed by atoms with van der Waals surface area (Å²) in [6, 6.07) is 8.17. The quantitative estimate of drug-likeness (QED) is 0.489. The average molecular weight is 404 g/mol. The first-order valence-corrected chi connectivity index (χ1v) is 10.0. The number of nitrogens with zero attached hydrogens (tertiary/aromatic N) is 2. The highest BCUT2D eigenvalue weighted by Crippen LogP contribution is 2.49. The molecule has 3 aromatic rings. The number of benzene rings is 2. The molecule has 5 rings (SSSR count). The van der Waals surface area contributed by atoms with Crippen molar-refractivity contribution in [3.05, 3.63) is 58.8 Å². The third kappa shape index (κ3) is 2.87. The lowest BCUT2D eigenvalue weighted by Gasteiger charge is -2.28. The van der Waals surface area contributed by atoms with E-state index in [4.69, 9.17) is 14.2 Å². The van der Waals surface area contributed by atoms with Crippen molar-refractivity contribution in [1.29, 1.82) is 0 Å². The molecule has 6 nitrogen and oxygen atoms in total. The predicted molar refractivity (Wildman–Crippen MR) is 115 cm³/mol. The molecule has 0 saturated carbocycles. The Kier molecular flexibility index (Phi) is 4.51. The van der Waals surface area contributed by atoms with Crippen molar-refractivity contribution in [1.82, 2.24) is 9.47 Å². The fourth-order valence-corrected chi connectivity index (χ4v) is 4.52. The maximum Gasteiger partial charge on any atom is 0.231 e. The van der Waals surface area contributed by atoms with E-state index in [0.29, 0.717) is 29.4 Å². The van der Waals surface area contributed by atoms with Crippen LogP contribution in [0.2, 0.25) is 0 Å². The fraction of sp³-hybridized carbons (Fsp3) is 0.292. The van der Waals surface area contributed by atoms with Crippen molar-refractivity contribution in [3.63, 3.8) is 0 Å². The van der Waals surface area contributed by atoms with Crippen molar-refractivity contribution < 1.29 is 19.0 Å². The van der Waals surface area contributed by atoms with Crippen LogP contribution in [0.25, 0.3) is 17.0 Å². The van der Waals surface area contributed by atoms with Gasteiger partial charge in [0.2, 0.25) is 12.5 Å². The molecule has 2 aliphatic rings. The molecule has 6 heteroatoms. The Morgan fingerprint density at radius 1 is 1.13 bits per heavy atom. The Hall–Kier alpha value is -3.25. The first-order chi connectivity index (χ1) is 14.6. The zero-order valence-corrected chi connectivity index (χ0v) is 17.4. The lowest BCUT2D eigenvalue weighted by Crippen LogP contribution is -2.28. The van der Waals surface area contributed by atoms with E-state index in [2.05, 4.69) is 28.6 Å². The molecular formula is C24H24N2O4. The van der Waals surface area contributed by atoms with Crippen molar-refractivity contribution >= 4 is 22.8 Å². The summed E-state index contributed by atoms with van der Waals surface area (Å²) in [4.78, 5) is 15.6. The van der Waals surface area contributed by atoms with Crippen molar-refractivity contribution in [2.75, 3.05) is 27.5 Å². The minimum absolute atomic E-state index is 0.0758. The van der Waals surface area contributed by atoms with E-state index in [1.165, 1.54) is 0 Å². The van der Waals surface area contributed by atoms with Crippen LogP contribution in [0.3, 0.4) is 0 Å². The molecule has 0 atom stereocenters. The van der Waals surface area contributed by atoms with E-state index in [1.807, 2.05) is 31.5 Å². The summed E-state index contributed by atoms with van der Waals surface area (Å²) in [6.45, 7) is 1.68. The van der Waals surface area contributed by atoms with Gasteiger partial charge in [-0.15, -0.1) is 0 Å². The van der Waals surface area contributed by atoms with Gasteiger partial charge < -0.3 is 23.7 Å². The van der Waals surface area contributed by atoms with Crippen LogP contribution in [0.15, 0.2) is 36.5 Å². The van der Waals surface area contributed by atoms with Crippen LogP contribution in [0.4, 0.5) is 0 Å². The van der Waals surface area contributed by atoms with Gasteiger partial charge in [-0.05, 0) is 37.3 Å². The minimum atomic E-state index is -0.0758. The fourth-order valence-electron chi connectivity index (χ4n) is 4.52. The Morgan fingerprint density at radius 2 is 1.93 bits per heavy atom. The van der Waals surface area contributed by atoms with E-state index in [-0.39, 0.29) is 12.6 Å². The molecule has 0 N–H and O–H groups in total. The third-order valence-corrected chi connectivity index (χ3v) is 5.95. The SMILES string of the molecule is COc1c2c(c(C(=O)C=Cc3cn(C)c4ccccc34)c3c1OCO3)CCN(C)C2. The number of aryl methyl sites for hydroxylation is 1. The number of ether oxygens (including phenoxy) is 3. The molecule has 1 aromatic heterocycles. The van der Waals surface area contributed by atoms with Crippen LogP contribution in [-0.4, -0.2) is 42.7 Å². The average Bonchev–Trinajstić information content (AvgIpc) is 3.35. The van der Waals surface area contributed by atoms with Crippen molar-refractivity contribution in [2.45, 2.75) is 13.0 Å². The maximum absolute atomic E-state index is 13.4. The molecule has 3 heterocycles. The molecule has 0 amide bonds. The van der Waals surface area contributed by atoms with Gasteiger partial charge >= 0.3 is 0 Å². The summed E-state index contributed by atoms with van der Waals surface area (Å²) in [5.74, 6) is 1.64. The molecule has 0 radical (unpaired) electrons. The van der Waals surface area contributed by atoms with Crippen LogP contribution >= 0.6 is 0 Å². The summed E-state index contributed by atoms with van der Waals surface area (Å²) < 4.78 is 19.2. The van der Waals surface area contributed by atoms with Crippen molar-refractivity contribution in [2.24, 2.45) is 7.05 Å². The second-order valence-electron chi connectivity index (χ2n) is 7.83. The molecule has 0 spiro atoms. The number of carbonyl (C=O) groups is 1. The van der Waals surface area contributed by atoms with Crippen LogP contribution in [0, 0.1) is 0 Å². The number of rotatable bonds is 4. The smallest absolute Gasteiger partial charge is 0.231 e. The number of para-hydroxylation sites is 1. The number of hydrogen-bond acceptors (Lipinski definition) is 5. The Morgan fingerprint density at radius 3 is 2.77 bits per heavy atom. The molecule has 30 heavy (non-hydrogen) atoms. The second-order valence-corrected chi connectivity index (χ2v) is 7.83. The highest BCUT2D eigenvalue weighted by molar-refractivity contribution is 6.11. The second kappa shape index (κ2) is 7.22. The molecule has 0 unspecified atom stereocenters. The summed E-state index contributed by atoms with van der Waals surface area (Å²) in [6.07, 6.45) is 6.33. The summed E-state index contributed by atoms with van der Waals surface area (Å²) in [7, 11) is 5.71. The molecule has 154 valence electrons. The van der Waals surface area contributed by atoms with Gasteiger partial charge in [0.15, 0.2) is 17.3 Å². The van der Waals surface area contributed by atoms with E-state index in [0.717, 1.165) is 40.6 Å². The Bertz CT molecular complexity index is 1190. The van der Waals surface area contributed by atoms with Crippen LogP contribution in [0.1, 0.15) is 27.0 Å². The van der Waals surface area contributed by atoms with Gasteiger partial charge in [-0.1, -0.05) is 18.2 Å². The van der Waals surface area contributed by atoms with E-state index >= 15 is 0 Å². The predicted octanol–water partition coefficient (Wildman–Crippen LogP) is 3.80. The molecule has 0 saturated heterocycles. The lowest BCUT2D eigenvalue weighted by molar-refractivity contribution is 0.104. The van der Waals surface area contributed by atoms with E-state index in [9.17, 15) is 4.79 Å². The summed E-state index contributed by atoms with van der Waals surface area (Å²) in [5, 5.41) is 1.12. The maximum atomic E-state index is 13.4. The summed E-state index contributed by atoms with van der Waals surface area (Å²) >= 11 is 0. The molecule has 0 bridgehead atoms. The number of carbonyl (C=O) groups excluding carboxylic acids is 1. The topological polar surface area (TPSA) is 52.9 Å². The lowest BCUT2D eigenvalue weighted by atomic mass is 9.90. The van der Waals surface area contributed by atoms with Crippen LogP contribution in [0.5, 0.6) is 17.2 Å². The number of ketones is 1. The van der Waals surface area contributed by atoms with Gasteiger partial charge in [0.25, 0.3) is 0 Å². The number of methoxy groups -OCH3 is 1. The van der Waals surface area contributed by atoms with Gasteiger partial charge in [0.05, 0.1) is 12.7 Å². The first kappa shape index (κ1) is 18.8. The molecule has 2 aliphatic heterocycles.